The number of nitrogens with zero attached hydrogens (tertiary/aromatic N) is 1. The Labute approximate surface area is 156 Å². The van der Waals surface area contributed by atoms with Gasteiger partial charge in [0.15, 0.2) is 0 Å². The van der Waals surface area contributed by atoms with Crippen molar-refractivity contribution in [2.75, 3.05) is 29.7 Å². The first kappa shape index (κ1) is 21.8. The summed E-state index contributed by atoms with van der Waals surface area (Å²) in [6, 6.07) is 5.06. The van der Waals surface area contributed by atoms with Crippen molar-refractivity contribution < 1.29 is 19.4 Å². The predicted octanol–water partition coefficient (Wildman–Crippen LogP) is 2.68. The molecule has 140 valence electrons. The van der Waals surface area contributed by atoms with Crippen molar-refractivity contribution in [3.63, 3.8) is 0 Å². The molecule has 0 aliphatic heterocycles. The summed E-state index contributed by atoms with van der Waals surface area (Å²) in [6.07, 6.45) is 0.822. The summed E-state index contributed by atoms with van der Waals surface area (Å²) in [5.74, 6) is -0.631. The Morgan fingerprint density at radius 1 is 1.32 bits per heavy atom. The summed E-state index contributed by atoms with van der Waals surface area (Å²) in [7, 11) is 2.60. The SMILES string of the molecule is CCOCN(C(=O)CSSCC(N)C(=O)O)c1c(C)cccc1CC. The lowest BCUT2D eigenvalue weighted by Gasteiger charge is -2.26. The van der Waals surface area contributed by atoms with Crippen molar-refractivity contribution in [1.29, 1.82) is 0 Å². The second-order valence-corrected chi connectivity index (χ2v) is 7.88. The highest BCUT2D eigenvalue weighted by atomic mass is 33.1. The molecule has 1 amide bonds. The van der Waals surface area contributed by atoms with Gasteiger partial charge in [0.1, 0.15) is 12.8 Å². The molecule has 3 N–H and O–H groups in total. The molecule has 0 fully saturated rings. The molecule has 0 heterocycles. The van der Waals surface area contributed by atoms with E-state index >= 15 is 0 Å². The number of carboxylic acid groups (broad SMARTS) is 1. The van der Waals surface area contributed by atoms with Gasteiger partial charge in [-0.2, -0.15) is 0 Å². The monoisotopic (exact) mass is 386 g/mol. The molecule has 8 heteroatoms. The van der Waals surface area contributed by atoms with E-state index < -0.39 is 12.0 Å². The third kappa shape index (κ3) is 6.89. The van der Waals surface area contributed by atoms with Crippen LogP contribution < -0.4 is 10.6 Å². The fraction of sp³-hybridized carbons (Fsp3) is 0.529. The number of hydrogen-bond acceptors (Lipinski definition) is 6. The van der Waals surface area contributed by atoms with E-state index in [1.54, 1.807) is 4.90 Å². The first-order chi connectivity index (χ1) is 11.9. The number of ether oxygens (including phenoxy) is 1. The zero-order chi connectivity index (χ0) is 18.8. The van der Waals surface area contributed by atoms with Crippen molar-refractivity contribution in [1.82, 2.24) is 0 Å². The zero-order valence-electron chi connectivity index (χ0n) is 14.9. The Morgan fingerprint density at radius 2 is 2.04 bits per heavy atom. The number of nitrogens with two attached hydrogens (primary N) is 1. The van der Waals surface area contributed by atoms with Crippen LogP contribution in [0.4, 0.5) is 5.69 Å². The Kier molecular flexibility index (Phi) is 9.96. The second kappa shape index (κ2) is 11.4. The first-order valence-electron chi connectivity index (χ1n) is 8.11. The normalized spacial score (nSPS) is 12.0. The molecular weight excluding hydrogens is 360 g/mol. The summed E-state index contributed by atoms with van der Waals surface area (Å²) < 4.78 is 5.49. The van der Waals surface area contributed by atoms with Gasteiger partial charge in [-0.3, -0.25) is 14.5 Å². The lowest BCUT2D eigenvalue weighted by Crippen LogP contribution is -2.36. The van der Waals surface area contributed by atoms with Gasteiger partial charge in [-0.25, -0.2) is 0 Å². The molecule has 0 bridgehead atoms. The number of carbonyl (C=O) groups is 2. The molecular formula is C17H26N2O4S2. The average Bonchev–Trinajstić information content (AvgIpc) is 2.59. The number of carbonyl (C=O) groups excluding carboxylic acids is 1. The second-order valence-electron chi connectivity index (χ2n) is 5.37. The van der Waals surface area contributed by atoms with Crippen molar-refractivity contribution in [2.24, 2.45) is 5.73 Å². The van der Waals surface area contributed by atoms with E-state index in [0.717, 1.165) is 23.2 Å². The summed E-state index contributed by atoms with van der Waals surface area (Å²) >= 11 is 0. The maximum absolute atomic E-state index is 12.7. The van der Waals surface area contributed by atoms with Gasteiger partial charge < -0.3 is 15.6 Å². The number of carboxylic acids is 1. The van der Waals surface area contributed by atoms with E-state index in [-0.39, 0.29) is 24.1 Å². The molecule has 1 atom stereocenters. The van der Waals surface area contributed by atoms with Gasteiger partial charge in [0.2, 0.25) is 5.91 Å². The fourth-order valence-electron chi connectivity index (χ4n) is 2.20. The van der Waals surface area contributed by atoms with E-state index in [4.69, 9.17) is 15.6 Å². The Bertz CT molecular complexity index is 584. The Balaban J connectivity index is 2.78. The molecule has 0 spiro atoms. The predicted molar refractivity (Wildman–Crippen MR) is 105 cm³/mol. The van der Waals surface area contributed by atoms with E-state index in [0.29, 0.717) is 6.61 Å². The van der Waals surface area contributed by atoms with Crippen LogP contribution in [0.15, 0.2) is 18.2 Å². The molecule has 1 unspecified atom stereocenters. The van der Waals surface area contributed by atoms with E-state index in [2.05, 4.69) is 6.92 Å². The van der Waals surface area contributed by atoms with E-state index in [1.807, 2.05) is 32.0 Å². The van der Waals surface area contributed by atoms with E-state index in [1.165, 1.54) is 21.6 Å². The van der Waals surface area contributed by atoms with E-state index in [9.17, 15) is 9.59 Å². The summed E-state index contributed by atoms with van der Waals surface area (Å²) in [5, 5.41) is 8.77. The molecule has 6 nitrogen and oxygen atoms in total. The molecule has 0 saturated heterocycles. The largest absolute Gasteiger partial charge is 0.480 e. The van der Waals surface area contributed by atoms with Gasteiger partial charge in [0.05, 0.1) is 11.4 Å². The maximum Gasteiger partial charge on any atom is 0.321 e. The summed E-state index contributed by atoms with van der Waals surface area (Å²) in [6.45, 7) is 6.65. The Morgan fingerprint density at radius 3 is 2.64 bits per heavy atom. The lowest BCUT2D eigenvalue weighted by molar-refractivity contribution is -0.137. The third-order valence-electron chi connectivity index (χ3n) is 3.53. The average molecular weight is 387 g/mol. The number of rotatable bonds is 11. The van der Waals surface area contributed by atoms with Crippen LogP contribution in [0.1, 0.15) is 25.0 Å². The summed E-state index contributed by atoms with van der Waals surface area (Å²) in [5.41, 5.74) is 8.48. The number of aryl methyl sites for hydroxylation is 2. The van der Waals surface area contributed by atoms with Crippen molar-refractivity contribution in [3.8, 4) is 0 Å². The number of aliphatic carboxylic acids is 1. The van der Waals surface area contributed by atoms with Crippen molar-refractivity contribution in [3.05, 3.63) is 29.3 Å². The van der Waals surface area contributed by atoms with Crippen LogP contribution in [0.3, 0.4) is 0 Å². The minimum atomic E-state index is -1.04. The highest BCUT2D eigenvalue weighted by molar-refractivity contribution is 8.76. The number of amides is 1. The van der Waals surface area contributed by atoms with Crippen molar-refractivity contribution >= 4 is 39.2 Å². The maximum atomic E-state index is 12.7. The van der Waals surface area contributed by atoms with Crippen LogP contribution >= 0.6 is 21.6 Å². The van der Waals surface area contributed by atoms with Crippen LogP contribution in [-0.2, 0) is 20.7 Å². The topological polar surface area (TPSA) is 92.9 Å². The van der Waals surface area contributed by atoms with Gasteiger partial charge in [-0.1, -0.05) is 46.7 Å². The van der Waals surface area contributed by atoms with Crippen LogP contribution in [0.2, 0.25) is 0 Å². The fourth-order valence-corrected chi connectivity index (χ4v) is 4.20. The Hall–Kier alpha value is -1.22. The molecule has 0 aliphatic carbocycles. The molecule has 1 aromatic rings. The smallest absolute Gasteiger partial charge is 0.321 e. The number of para-hydroxylation sites is 1. The molecule has 0 saturated carbocycles. The highest BCUT2D eigenvalue weighted by Gasteiger charge is 2.21. The quantitative estimate of drug-likeness (QED) is 0.343. The third-order valence-corrected chi connectivity index (χ3v) is 5.82. The lowest BCUT2D eigenvalue weighted by atomic mass is 10.0. The van der Waals surface area contributed by atoms with Gasteiger partial charge in [-0.05, 0) is 31.4 Å². The number of benzene rings is 1. The van der Waals surface area contributed by atoms with Gasteiger partial charge in [0.25, 0.3) is 0 Å². The standard InChI is InChI=1S/C17H26N2O4S2/c1-4-13-8-6-7-12(3)16(13)19(11-23-5-2)15(20)10-25-24-9-14(18)17(21)22/h6-8,14H,4-5,9-11,18H2,1-3H3,(H,21,22). The van der Waals surface area contributed by atoms with Crippen molar-refractivity contribution in [2.45, 2.75) is 33.2 Å². The molecule has 0 aromatic heterocycles. The molecule has 0 radical (unpaired) electrons. The van der Waals surface area contributed by atoms with Crippen LogP contribution in [0.25, 0.3) is 0 Å². The molecule has 25 heavy (non-hydrogen) atoms. The van der Waals surface area contributed by atoms with Crippen LogP contribution in [-0.4, -0.2) is 47.9 Å². The number of hydrogen-bond donors (Lipinski definition) is 2. The van der Waals surface area contributed by atoms with Gasteiger partial charge in [0, 0.05) is 12.4 Å². The minimum Gasteiger partial charge on any atom is -0.480 e. The molecule has 1 aromatic carbocycles. The first-order valence-corrected chi connectivity index (χ1v) is 10.6. The van der Waals surface area contributed by atoms with Crippen LogP contribution in [0, 0.1) is 6.92 Å². The highest BCUT2D eigenvalue weighted by Crippen LogP contribution is 2.28. The van der Waals surface area contributed by atoms with Crippen LogP contribution in [0.5, 0.6) is 0 Å². The zero-order valence-corrected chi connectivity index (χ0v) is 16.5. The number of anilines is 1. The van der Waals surface area contributed by atoms with Gasteiger partial charge in [-0.15, -0.1) is 0 Å². The summed E-state index contributed by atoms with van der Waals surface area (Å²) in [4.78, 5) is 25.1. The molecule has 1 rings (SSSR count). The minimum absolute atomic E-state index is 0.0705. The molecule has 0 aliphatic rings. The van der Waals surface area contributed by atoms with Gasteiger partial charge >= 0.3 is 5.97 Å².